The van der Waals surface area contributed by atoms with Gasteiger partial charge in [0.2, 0.25) is 0 Å². The first-order chi connectivity index (χ1) is 7.79. The molecule has 0 saturated heterocycles. The van der Waals surface area contributed by atoms with Gasteiger partial charge in [-0.1, -0.05) is 6.07 Å². The second-order valence-corrected chi connectivity index (χ2v) is 4.30. The molecule has 1 aromatic rings. The Kier molecular flexibility index (Phi) is 3.62. The Morgan fingerprint density at radius 2 is 2.12 bits per heavy atom. The van der Waals surface area contributed by atoms with Crippen LogP contribution in [-0.2, 0) is 0 Å². The van der Waals surface area contributed by atoms with E-state index in [1.807, 2.05) is 25.2 Å². The van der Waals surface area contributed by atoms with Gasteiger partial charge < -0.3 is 15.5 Å². The number of rotatable bonds is 6. The average Bonchev–Trinajstić information content (AvgIpc) is 3.13. The summed E-state index contributed by atoms with van der Waals surface area (Å²) in [6.45, 7) is 2.03. The van der Waals surface area contributed by atoms with Gasteiger partial charge >= 0.3 is 0 Å². The molecule has 0 unspecified atom stereocenters. The van der Waals surface area contributed by atoms with E-state index in [0.717, 1.165) is 30.8 Å². The van der Waals surface area contributed by atoms with E-state index in [1.54, 1.807) is 0 Å². The van der Waals surface area contributed by atoms with E-state index in [9.17, 15) is 0 Å². The maximum absolute atomic E-state index is 4.41. The quantitative estimate of drug-likeness (QED) is 0.764. The molecule has 2 rings (SSSR count). The van der Waals surface area contributed by atoms with E-state index in [1.165, 1.54) is 12.8 Å². The third kappa shape index (κ3) is 3.10. The van der Waals surface area contributed by atoms with E-state index >= 15 is 0 Å². The maximum Gasteiger partial charge on any atom is 0.128 e. The lowest BCUT2D eigenvalue weighted by atomic mass is 10.4. The first kappa shape index (κ1) is 11.2. The number of hydrogen-bond acceptors (Lipinski definition) is 4. The molecule has 0 amide bonds. The summed E-state index contributed by atoms with van der Waals surface area (Å²) < 4.78 is 0. The predicted octanol–water partition coefficient (Wildman–Crippen LogP) is 1.63. The molecule has 4 heteroatoms. The zero-order valence-electron chi connectivity index (χ0n) is 10.0. The minimum atomic E-state index is 0.832. The van der Waals surface area contributed by atoms with Crippen LogP contribution in [0.15, 0.2) is 18.2 Å². The first-order valence-corrected chi connectivity index (χ1v) is 5.88. The van der Waals surface area contributed by atoms with Crippen LogP contribution in [-0.4, -0.2) is 43.1 Å². The van der Waals surface area contributed by atoms with Crippen molar-refractivity contribution in [1.82, 2.24) is 9.88 Å². The van der Waals surface area contributed by atoms with Crippen LogP contribution in [0.3, 0.4) is 0 Å². The van der Waals surface area contributed by atoms with Crippen LogP contribution < -0.4 is 10.6 Å². The number of pyridine rings is 1. The number of anilines is 2. The molecule has 0 atom stereocenters. The average molecular weight is 220 g/mol. The maximum atomic E-state index is 4.41. The summed E-state index contributed by atoms with van der Waals surface area (Å²) in [5.74, 6) is 1.84. The monoisotopic (exact) mass is 220 g/mol. The summed E-state index contributed by atoms with van der Waals surface area (Å²) >= 11 is 0. The van der Waals surface area contributed by atoms with Gasteiger partial charge in [-0.3, -0.25) is 0 Å². The summed E-state index contributed by atoms with van der Waals surface area (Å²) in [4.78, 5) is 6.82. The normalized spacial score (nSPS) is 15.2. The van der Waals surface area contributed by atoms with Crippen LogP contribution in [0, 0.1) is 0 Å². The summed E-state index contributed by atoms with van der Waals surface area (Å²) in [6, 6.07) is 6.80. The standard InChI is InChI=1S/C12H20N4/c1-13-11-4-3-5-12(15-11)14-8-9-16(2)10-6-7-10/h3-5,10H,6-9H2,1-2H3,(H2,13,14,15). The highest BCUT2D eigenvalue weighted by atomic mass is 15.2. The van der Waals surface area contributed by atoms with Crippen molar-refractivity contribution >= 4 is 11.6 Å². The molecule has 1 aromatic heterocycles. The van der Waals surface area contributed by atoms with E-state index in [-0.39, 0.29) is 0 Å². The zero-order valence-corrected chi connectivity index (χ0v) is 10.0. The molecular weight excluding hydrogens is 200 g/mol. The third-order valence-corrected chi connectivity index (χ3v) is 2.95. The Labute approximate surface area is 97.1 Å². The fraction of sp³-hybridized carbons (Fsp3) is 0.583. The minimum Gasteiger partial charge on any atom is -0.373 e. The van der Waals surface area contributed by atoms with Crippen LogP contribution in [0.1, 0.15) is 12.8 Å². The van der Waals surface area contributed by atoms with Crippen LogP contribution in [0.5, 0.6) is 0 Å². The summed E-state index contributed by atoms with van der Waals surface area (Å²) in [5, 5.41) is 6.37. The van der Waals surface area contributed by atoms with Crippen molar-refractivity contribution in [2.45, 2.75) is 18.9 Å². The molecule has 16 heavy (non-hydrogen) atoms. The Morgan fingerprint density at radius 3 is 2.81 bits per heavy atom. The van der Waals surface area contributed by atoms with Crippen molar-refractivity contribution in [3.63, 3.8) is 0 Å². The van der Waals surface area contributed by atoms with Gasteiger partial charge in [-0.25, -0.2) is 4.98 Å². The molecule has 0 aromatic carbocycles. The third-order valence-electron chi connectivity index (χ3n) is 2.95. The molecule has 0 radical (unpaired) electrons. The molecule has 1 heterocycles. The molecule has 4 nitrogen and oxygen atoms in total. The second-order valence-electron chi connectivity index (χ2n) is 4.30. The van der Waals surface area contributed by atoms with Crippen molar-refractivity contribution in [3.05, 3.63) is 18.2 Å². The molecule has 1 saturated carbocycles. The molecule has 1 aliphatic carbocycles. The van der Waals surface area contributed by atoms with Gasteiger partial charge in [0, 0.05) is 26.2 Å². The molecule has 1 aliphatic rings. The number of aromatic nitrogens is 1. The van der Waals surface area contributed by atoms with Gasteiger partial charge in [0.1, 0.15) is 11.6 Å². The van der Waals surface area contributed by atoms with Crippen LogP contribution >= 0.6 is 0 Å². The van der Waals surface area contributed by atoms with Crippen LogP contribution in [0.4, 0.5) is 11.6 Å². The zero-order chi connectivity index (χ0) is 11.4. The minimum absolute atomic E-state index is 0.832. The highest BCUT2D eigenvalue weighted by Gasteiger charge is 2.25. The van der Waals surface area contributed by atoms with Crippen molar-refractivity contribution < 1.29 is 0 Å². The van der Waals surface area contributed by atoms with Gasteiger partial charge in [-0.2, -0.15) is 0 Å². The van der Waals surface area contributed by atoms with Crippen molar-refractivity contribution in [3.8, 4) is 0 Å². The molecule has 0 spiro atoms. The number of nitrogens with zero attached hydrogens (tertiary/aromatic N) is 2. The molecular formula is C12H20N4. The Hall–Kier alpha value is -1.29. The predicted molar refractivity (Wildman–Crippen MR) is 67.9 cm³/mol. The van der Waals surface area contributed by atoms with Crippen molar-refractivity contribution in [2.75, 3.05) is 37.8 Å². The topological polar surface area (TPSA) is 40.2 Å². The van der Waals surface area contributed by atoms with E-state index < -0.39 is 0 Å². The van der Waals surface area contributed by atoms with Gasteiger partial charge in [-0.15, -0.1) is 0 Å². The van der Waals surface area contributed by atoms with Gasteiger partial charge in [0.05, 0.1) is 0 Å². The van der Waals surface area contributed by atoms with Crippen molar-refractivity contribution in [2.24, 2.45) is 0 Å². The summed E-state index contributed by atoms with van der Waals surface area (Å²) in [5.41, 5.74) is 0. The lowest BCUT2D eigenvalue weighted by Gasteiger charge is -2.16. The number of likely N-dealkylation sites (N-methyl/N-ethyl adjacent to an activating group) is 1. The lowest BCUT2D eigenvalue weighted by molar-refractivity contribution is 0.337. The lowest BCUT2D eigenvalue weighted by Crippen LogP contribution is -2.27. The van der Waals surface area contributed by atoms with Crippen LogP contribution in [0.2, 0.25) is 0 Å². The fourth-order valence-corrected chi connectivity index (χ4v) is 1.73. The number of hydrogen-bond donors (Lipinski definition) is 2. The Bertz CT molecular complexity index is 336. The van der Waals surface area contributed by atoms with E-state index in [0.29, 0.717) is 0 Å². The Morgan fingerprint density at radius 1 is 1.38 bits per heavy atom. The van der Waals surface area contributed by atoms with Gasteiger partial charge in [0.25, 0.3) is 0 Å². The first-order valence-electron chi connectivity index (χ1n) is 5.88. The summed E-state index contributed by atoms with van der Waals surface area (Å²) in [7, 11) is 4.07. The SMILES string of the molecule is CNc1cccc(NCCN(C)C2CC2)n1. The number of nitrogens with one attached hydrogen (secondary N) is 2. The largest absolute Gasteiger partial charge is 0.373 e. The van der Waals surface area contributed by atoms with Crippen molar-refractivity contribution in [1.29, 1.82) is 0 Å². The molecule has 88 valence electrons. The highest BCUT2D eigenvalue weighted by Crippen LogP contribution is 2.24. The van der Waals surface area contributed by atoms with Crippen LogP contribution in [0.25, 0.3) is 0 Å². The van der Waals surface area contributed by atoms with E-state index in [2.05, 4.69) is 27.6 Å². The highest BCUT2D eigenvalue weighted by molar-refractivity contribution is 5.44. The second kappa shape index (κ2) is 5.16. The molecule has 0 bridgehead atoms. The van der Waals surface area contributed by atoms with Gasteiger partial charge in [0.15, 0.2) is 0 Å². The smallest absolute Gasteiger partial charge is 0.128 e. The summed E-state index contributed by atoms with van der Waals surface area (Å²) in [6.07, 6.45) is 2.73. The Balaban J connectivity index is 1.75. The molecule has 1 fully saturated rings. The van der Waals surface area contributed by atoms with Gasteiger partial charge in [-0.05, 0) is 32.0 Å². The fourth-order valence-electron chi connectivity index (χ4n) is 1.73. The molecule has 2 N–H and O–H groups in total. The molecule has 0 aliphatic heterocycles. The van der Waals surface area contributed by atoms with E-state index in [4.69, 9.17) is 0 Å².